The quantitative estimate of drug-likeness (QED) is 0.139. The Labute approximate surface area is 246 Å². The monoisotopic (exact) mass is 707 g/mol. The second-order valence-electron chi connectivity index (χ2n) is 11.1. The summed E-state index contributed by atoms with van der Waals surface area (Å²) in [6.45, 7) is 11.4. The van der Waals surface area contributed by atoms with Gasteiger partial charge in [0.15, 0.2) is 0 Å². The van der Waals surface area contributed by atoms with Crippen molar-refractivity contribution >= 4 is 40.9 Å². The van der Waals surface area contributed by atoms with Gasteiger partial charge in [0.25, 0.3) is 0 Å². The number of nitrogens with zero attached hydrogens (tertiary/aromatic N) is 2. The van der Waals surface area contributed by atoms with E-state index in [0.717, 1.165) is 51.9 Å². The van der Waals surface area contributed by atoms with Crippen LogP contribution in [0.5, 0.6) is 0 Å². The van der Waals surface area contributed by atoms with Gasteiger partial charge in [0.2, 0.25) is 0 Å². The Hall–Kier alpha value is -3.11. The molecule has 0 aliphatic carbocycles. The molecule has 0 amide bonds. The summed E-state index contributed by atoms with van der Waals surface area (Å²) in [5, 5.41) is 3.77. The molecule has 2 aromatic heterocycles. The van der Waals surface area contributed by atoms with Gasteiger partial charge in [0.05, 0.1) is 13.7 Å². The Kier molecular flexibility index (Phi) is 9.17. The maximum absolute atomic E-state index is 6.26. The molecule has 6 rings (SSSR count). The van der Waals surface area contributed by atoms with Crippen LogP contribution in [0.1, 0.15) is 43.7 Å². The summed E-state index contributed by atoms with van der Waals surface area (Å²) < 4.78 is 6.26. The fraction of sp³-hybridized carbons (Fsp3) is 0.235. The first-order chi connectivity index (χ1) is 18.3. The number of fused-ring (bicyclic) bond motifs is 3. The summed E-state index contributed by atoms with van der Waals surface area (Å²) in [6, 6.07) is 29.4. The van der Waals surface area contributed by atoms with Gasteiger partial charge in [-0.15, -0.1) is 54.1 Å². The molecule has 0 fully saturated rings. The molecule has 1 aliphatic heterocycles. The molecule has 5 heteroatoms. The Bertz CT molecular complexity index is 1610. The SMILES string of the molecule is CC(C)c1ccc(-c2[c-]cccc2)nc1.C[Si](C)(C)c1ccc2c(c1)oc1c(C3=NC=CCC3)[c-]ccc12.[Ir]. The molecule has 0 saturated heterocycles. The molecule has 39 heavy (non-hydrogen) atoms. The predicted molar refractivity (Wildman–Crippen MR) is 163 cm³/mol. The summed E-state index contributed by atoms with van der Waals surface area (Å²) in [5.41, 5.74) is 7.29. The number of benzene rings is 3. The third kappa shape index (κ3) is 6.55. The van der Waals surface area contributed by atoms with Crippen molar-refractivity contribution < 1.29 is 24.5 Å². The van der Waals surface area contributed by atoms with Crippen LogP contribution in [0.4, 0.5) is 0 Å². The zero-order valence-electron chi connectivity index (χ0n) is 23.2. The number of allylic oxidation sites excluding steroid dienone is 1. The van der Waals surface area contributed by atoms with Crippen LogP contribution in [0.25, 0.3) is 33.2 Å². The number of aliphatic imine (C=N–C) groups is 1. The maximum atomic E-state index is 6.26. The first-order valence-corrected chi connectivity index (χ1v) is 16.8. The molecule has 0 N–H and O–H groups in total. The zero-order chi connectivity index (χ0) is 26.7. The van der Waals surface area contributed by atoms with E-state index in [0.29, 0.717) is 5.92 Å². The van der Waals surface area contributed by atoms with Crippen molar-refractivity contribution in [1.29, 1.82) is 0 Å². The second kappa shape index (κ2) is 12.4. The van der Waals surface area contributed by atoms with Gasteiger partial charge in [-0.05, 0) is 41.8 Å². The van der Waals surface area contributed by atoms with Gasteiger partial charge >= 0.3 is 0 Å². The molecule has 1 radical (unpaired) electrons. The minimum Gasteiger partial charge on any atom is -0.501 e. The van der Waals surface area contributed by atoms with Crippen LogP contribution in [0.2, 0.25) is 19.6 Å². The van der Waals surface area contributed by atoms with Gasteiger partial charge in [0.1, 0.15) is 5.58 Å². The third-order valence-electron chi connectivity index (χ3n) is 6.91. The molecule has 201 valence electrons. The number of hydrogen-bond donors (Lipinski definition) is 0. The maximum Gasteiger partial charge on any atom is 0.120 e. The summed E-state index contributed by atoms with van der Waals surface area (Å²) in [7, 11) is -1.35. The van der Waals surface area contributed by atoms with Crippen molar-refractivity contribution in [2.24, 2.45) is 4.99 Å². The topological polar surface area (TPSA) is 38.4 Å². The van der Waals surface area contributed by atoms with E-state index in [1.807, 2.05) is 42.7 Å². The number of pyridine rings is 1. The van der Waals surface area contributed by atoms with Gasteiger partial charge in [-0.1, -0.05) is 80.0 Å². The molecule has 3 nitrogen and oxygen atoms in total. The number of furan rings is 1. The first kappa shape index (κ1) is 28.9. The van der Waals surface area contributed by atoms with Crippen molar-refractivity contribution in [2.75, 3.05) is 0 Å². The predicted octanol–water partition coefficient (Wildman–Crippen LogP) is 8.70. The van der Waals surface area contributed by atoms with Crippen LogP contribution in [0.15, 0.2) is 94.6 Å². The molecule has 3 aromatic carbocycles. The smallest absolute Gasteiger partial charge is 0.120 e. The minimum absolute atomic E-state index is 0. The van der Waals surface area contributed by atoms with Crippen molar-refractivity contribution in [3.8, 4) is 11.3 Å². The number of aromatic nitrogens is 1. The minimum atomic E-state index is -1.35. The third-order valence-corrected chi connectivity index (χ3v) is 8.95. The normalized spacial score (nSPS) is 13.1. The van der Waals surface area contributed by atoms with E-state index in [1.54, 1.807) is 0 Å². The molecule has 3 heterocycles. The zero-order valence-corrected chi connectivity index (χ0v) is 26.6. The number of hydrogen-bond acceptors (Lipinski definition) is 3. The van der Waals surface area contributed by atoms with Crippen LogP contribution in [-0.2, 0) is 20.1 Å². The molecule has 0 atom stereocenters. The Morgan fingerprint density at radius 2 is 1.77 bits per heavy atom. The van der Waals surface area contributed by atoms with Crippen LogP contribution in [-0.4, -0.2) is 18.8 Å². The average Bonchev–Trinajstić information content (AvgIpc) is 3.32. The largest absolute Gasteiger partial charge is 0.501 e. The van der Waals surface area contributed by atoms with E-state index in [-0.39, 0.29) is 20.1 Å². The molecular weight excluding hydrogens is 673 g/mol. The summed E-state index contributed by atoms with van der Waals surface area (Å²) in [5.74, 6) is 0.534. The van der Waals surface area contributed by atoms with Crippen LogP contribution < -0.4 is 5.19 Å². The van der Waals surface area contributed by atoms with Crippen molar-refractivity contribution in [2.45, 2.75) is 52.2 Å². The fourth-order valence-electron chi connectivity index (χ4n) is 4.57. The van der Waals surface area contributed by atoms with E-state index in [4.69, 9.17) is 4.42 Å². The molecule has 0 saturated carbocycles. The van der Waals surface area contributed by atoms with Crippen LogP contribution in [0, 0.1) is 12.1 Å². The van der Waals surface area contributed by atoms with E-state index < -0.39 is 8.07 Å². The molecule has 5 aromatic rings. The van der Waals surface area contributed by atoms with Gasteiger partial charge in [-0.25, -0.2) is 0 Å². The molecular formula is C34H34IrN2OSi-2. The summed E-state index contributed by atoms with van der Waals surface area (Å²) >= 11 is 0. The van der Waals surface area contributed by atoms with Gasteiger partial charge < -0.3 is 14.4 Å². The Morgan fingerprint density at radius 3 is 2.41 bits per heavy atom. The van der Waals surface area contributed by atoms with Crippen molar-refractivity contribution in [3.05, 3.63) is 108 Å². The van der Waals surface area contributed by atoms with Gasteiger partial charge in [0, 0.05) is 37.9 Å². The summed E-state index contributed by atoms with van der Waals surface area (Å²) in [6.07, 6.45) is 7.91. The first-order valence-electron chi connectivity index (χ1n) is 13.3. The fourth-order valence-corrected chi connectivity index (χ4v) is 5.72. The van der Waals surface area contributed by atoms with Crippen LogP contribution in [0.3, 0.4) is 0 Å². The summed E-state index contributed by atoms with van der Waals surface area (Å²) in [4.78, 5) is 8.97. The molecule has 1 aliphatic rings. The van der Waals surface area contributed by atoms with Crippen molar-refractivity contribution in [1.82, 2.24) is 4.98 Å². The van der Waals surface area contributed by atoms with Crippen LogP contribution >= 0.6 is 0 Å². The van der Waals surface area contributed by atoms with E-state index in [9.17, 15) is 0 Å². The van der Waals surface area contributed by atoms with E-state index in [2.05, 4.69) is 98.1 Å². The van der Waals surface area contributed by atoms with Crippen molar-refractivity contribution in [3.63, 3.8) is 0 Å². The molecule has 0 spiro atoms. The van der Waals surface area contributed by atoms with Gasteiger partial charge in [-0.2, -0.15) is 0 Å². The second-order valence-corrected chi connectivity index (χ2v) is 16.1. The van der Waals surface area contributed by atoms with E-state index >= 15 is 0 Å². The Morgan fingerprint density at radius 1 is 0.923 bits per heavy atom. The Balaban J connectivity index is 0.000000192. The van der Waals surface area contributed by atoms with Gasteiger partial charge in [-0.3, -0.25) is 0 Å². The molecule has 0 bridgehead atoms. The number of rotatable bonds is 4. The molecule has 0 unspecified atom stereocenters. The van der Waals surface area contributed by atoms with E-state index in [1.165, 1.54) is 16.1 Å². The standard InChI is InChI=1S/C20H20NOSi.C14H14N.Ir/c1-23(2,3)14-10-11-15-16-7-6-8-17(18-9-4-5-12-21-18)20(16)22-19(15)13-14;1-11(2)13-8-9-14(15-10-13)12-6-4-3-5-7-12;/h5-7,10-13H,4,9H2,1-3H3;3-6,8-11H,1-2H3;/q2*-1;. The average molecular weight is 707 g/mol.